The normalized spacial score (nSPS) is 10.7. The van der Waals surface area contributed by atoms with Crippen LogP contribution in [0.15, 0.2) is 90.0 Å². The monoisotopic (exact) mass is 344 g/mol. The highest BCUT2D eigenvalue weighted by atomic mass is 16.5. The highest BCUT2D eigenvalue weighted by Crippen LogP contribution is 2.32. The van der Waals surface area contributed by atoms with Crippen LogP contribution in [-0.2, 0) is 6.54 Å². The van der Waals surface area contributed by atoms with Crippen LogP contribution in [0.25, 0.3) is 11.1 Å². The first kappa shape index (κ1) is 16.1. The maximum atomic E-state index is 5.23. The first-order valence-corrected chi connectivity index (χ1v) is 8.49. The lowest BCUT2D eigenvalue weighted by Crippen LogP contribution is -1.94. The van der Waals surface area contributed by atoms with E-state index in [2.05, 4.69) is 46.5 Å². The Morgan fingerprint density at radius 1 is 0.962 bits per heavy atom. The van der Waals surface area contributed by atoms with Gasteiger partial charge in [-0.25, -0.2) is 0 Å². The summed E-state index contributed by atoms with van der Waals surface area (Å²) in [6, 6.07) is 20.3. The van der Waals surface area contributed by atoms with Crippen LogP contribution in [-0.4, -0.2) is 11.7 Å². The molecule has 0 bridgehead atoms. The van der Waals surface area contributed by atoms with Crippen molar-refractivity contribution in [3.8, 4) is 16.9 Å². The fraction of sp³-hybridized carbons (Fsp3) is 0.0909. The van der Waals surface area contributed by atoms with E-state index in [9.17, 15) is 0 Å². The van der Waals surface area contributed by atoms with Gasteiger partial charge in [-0.2, -0.15) is 0 Å². The summed E-state index contributed by atoms with van der Waals surface area (Å²) in [5, 5.41) is 3.52. The van der Waals surface area contributed by atoms with Gasteiger partial charge in [0.15, 0.2) is 0 Å². The van der Waals surface area contributed by atoms with E-state index < -0.39 is 0 Å². The third kappa shape index (κ3) is 3.49. The van der Waals surface area contributed by atoms with Gasteiger partial charge in [0.2, 0.25) is 0 Å². The molecule has 0 spiro atoms. The molecule has 26 heavy (non-hydrogen) atoms. The summed E-state index contributed by atoms with van der Waals surface area (Å²) in [5.41, 5.74) is 5.55. The molecule has 1 N–H and O–H groups in total. The average molecular weight is 344 g/mol. The van der Waals surface area contributed by atoms with Gasteiger partial charge in [-0.15, -0.1) is 0 Å². The minimum atomic E-state index is 0.765. The summed E-state index contributed by atoms with van der Waals surface area (Å²) < 4.78 is 12.6. The van der Waals surface area contributed by atoms with Crippen molar-refractivity contribution in [3.63, 3.8) is 0 Å². The first-order valence-electron chi connectivity index (χ1n) is 8.49. The summed E-state index contributed by atoms with van der Waals surface area (Å²) in [7, 11) is 1.67. The van der Waals surface area contributed by atoms with Crippen LogP contribution in [0.5, 0.6) is 5.75 Å². The number of nitrogens with one attached hydrogen (secondary N) is 1. The number of ether oxygens (including phenoxy) is 1. The second kappa shape index (κ2) is 7.23. The molecule has 0 saturated heterocycles. The third-order valence-corrected chi connectivity index (χ3v) is 4.28. The Kier molecular flexibility index (Phi) is 4.48. The van der Waals surface area contributed by atoms with Crippen LogP contribution in [0.2, 0.25) is 0 Å². The van der Waals surface area contributed by atoms with Crippen molar-refractivity contribution in [1.29, 1.82) is 0 Å². The van der Waals surface area contributed by atoms with Gasteiger partial charge in [0, 0.05) is 29.2 Å². The van der Waals surface area contributed by atoms with Gasteiger partial charge in [-0.1, -0.05) is 30.3 Å². The Hall–Kier alpha value is -3.40. The van der Waals surface area contributed by atoms with Gasteiger partial charge in [0.05, 0.1) is 31.9 Å². The second-order valence-electron chi connectivity index (χ2n) is 6.11. The van der Waals surface area contributed by atoms with Gasteiger partial charge in [-0.3, -0.25) is 0 Å². The van der Waals surface area contributed by atoms with Crippen LogP contribution in [0.1, 0.15) is 5.56 Å². The lowest BCUT2D eigenvalue weighted by Gasteiger charge is -2.08. The van der Waals surface area contributed by atoms with Crippen LogP contribution in [0.4, 0.5) is 11.4 Å². The molecule has 0 radical (unpaired) electrons. The Morgan fingerprint density at radius 2 is 1.77 bits per heavy atom. The van der Waals surface area contributed by atoms with E-state index >= 15 is 0 Å². The lowest BCUT2D eigenvalue weighted by molar-refractivity contribution is 0.415. The summed E-state index contributed by atoms with van der Waals surface area (Å²) in [6.45, 7) is 0.765. The predicted octanol–water partition coefficient (Wildman–Crippen LogP) is 5.55. The molecular weight excluding hydrogens is 324 g/mol. The number of benzene rings is 2. The molecule has 0 aliphatic heterocycles. The fourth-order valence-corrected chi connectivity index (χ4v) is 2.97. The molecule has 0 aliphatic carbocycles. The van der Waals surface area contributed by atoms with E-state index in [1.165, 1.54) is 5.56 Å². The number of rotatable bonds is 6. The van der Waals surface area contributed by atoms with Crippen molar-refractivity contribution in [2.45, 2.75) is 6.54 Å². The largest absolute Gasteiger partial charge is 0.497 e. The minimum absolute atomic E-state index is 0.765. The molecular formula is C22H20N2O2. The van der Waals surface area contributed by atoms with Crippen molar-refractivity contribution < 1.29 is 9.15 Å². The van der Waals surface area contributed by atoms with E-state index in [1.807, 2.05) is 36.4 Å². The van der Waals surface area contributed by atoms with Crippen LogP contribution in [0.3, 0.4) is 0 Å². The van der Waals surface area contributed by atoms with Crippen molar-refractivity contribution in [2.24, 2.45) is 0 Å². The number of anilines is 2. The van der Waals surface area contributed by atoms with Gasteiger partial charge >= 0.3 is 0 Å². The highest BCUT2D eigenvalue weighted by molar-refractivity contribution is 5.81. The van der Waals surface area contributed by atoms with Gasteiger partial charge in [-0.05, 0) is 35.9 Å². The van der Waals surface area contributed by atoms with Crippen LogP contribution in [0, 0.1) is 0 Å². The van der Waals surface area contributed by atoms with E-state index in [4.69, 9.17) is 9.15 Å². The maximum absolute atomic E-state index is 5.23. The number of hydrogen-bond donors (Lipinski definition) is 1. The molecule has 0 saturated carbocycles. The number of hydrogen-bond acceptors (Lipinski definition) is 3. The molecule has 4 rings (SSSR count). The second-order valence-corrected chi connectivity index (χ2v) is 6.11. The standard InChI is InChI=1S/C22H20N2O2/c1-25-20-9-7-19(8-10-20)23-22-15-24(13-17-11-12-26-16-17)14-21(22)18-5-3-2-4-6-18/h2-12,14-16,23H,13H2,1H3. The Labute approximate surface area is 152 Å². The number of aromatic nitrogens is 1. The SMILES string of the molecule is COc1ccc(Nc2cn(Cc3ccoc3)cc2-c2ccccc2)cc1. The first-order chi connectivity index (χ1) is 12.8. The molecule has 2 aromatic carbocycles. The summed E-state index contributed by atoms with van der Waals surface area (Å²) >= 11 is 0. The summed E-state index contributed by atoms with van der Waals surface area (Å²) in [4.78, 5) is 0. The van der Waals surface area contributed by atoms with Crippen LogP contribution < -0.4 is 10.1 Å². The molecule has 0 atom stereocenters. The number of nitrogens with zero attached hydrogens (tertiary/aromatic N) is 1. The Balaban J connectivity index is 1.67. The number of methoxy groups -OCH3 is 1. The maximum Gasteiger partial charge on any atom is 0.119 e. The van der Waals surface area contributed by atoms with Gasteiger partial charge < -0.3 is 19.0 Å². The molecule has 4 heteroatoms. The molecule has 2 heterocycles. The van der Waals surface area contributed by atoms with Gasteiger partial charge in [0.1, 0.15) is 5.75 Å². The lowest BCUT2D eigenvalue weighted by atomic mass is 10.1. The molecule has 4 nitrogen and oxygen atoms in total. The van der Waals surface area contributed by atoms with Crippen LogP contribution >= 0.6 is 0 Å². The summed E-state index contributed by atoms with van der Waals surface area (Å²) in [6.07, 6.45) is 7.76. The fourth-order valence-electron chi connectivity index (χ4n) is 2.97. The quantitative estimate of drug-likeness (QED) is 0.498. The zero-order valence-corrected chi connectivity index (χ0v) is 14.6. The van der Waals surface area contributed by atoms with Crippen molar-refractivity contribution in [1.82, 2.24) is 4.57 Å². The topological polar surface area (TPSA) is 39.3 Å². The van der Waals surface area contributed by atoms with Crippen molar-refractivity contribution in [3.05, 3.63) is 91.1 Å². The molecule has 0 amide bonds. The number of furan rings is 1. The Bertz CT molecular complexity index is 955. The zero-order valence-electron chi connectivity index (χ0n) is 14.6. The van der Waals surface area contributed by atoms with Crippen molar-refractivity contribution >= 4 is 11.4 Å². The average Bonchev–Trinajstić information content (AvgIpc) is 3.33. The smallest absolute Gasteiger partial charge is 0.119 e. The molecule has 0 aliphatic rings. The Morgan fingerprint density at radius 3 is 2.46 bits per heavy atom. The predicted molar refractivity (Wildman–Crippen MR) is 104 cm³/mol. The minimum Gasteiger partial charge on any atom is -0.497 e. The van der Waals surface area contributed by atoms with E-state index in [0.717, 1.165) is 34.8 Å². The van der Waals surface area contributed by atoms with E-state index in [1.54, 1.807) is 19.6 Å². The molecule has 0 fully saturated rings. The summed E-state index contributed by atoms with van der Waals surface area (Å²) in [5.74, 6) is 0.844. The molecule has 4 aromatic rings. The van der Waals surface area contributed by atoms with Crippen molar-refractivity contribution in [2.75, 3.05) is 12.4 Å². The van der Waals surface area contributed by atoms with E-state index in [-0.39, 0.29) is 0 Å². The zero-order chi connectivity index (χ0) is 17.8. The third-order valence-electron chi connectivity index (χ3n) is 4.28. The molecule has 130 valence electrons. The highest BCUT2D eigenvalue weighted by Gasteiger charge is 2.10. The van der Waals surface area contributed by atoms with Gasteiger partial charge in [0.25, 0.3) is 0 Å². The van der Waals surface area contributed by atoms with E-state index in [0.29, 0.717) is 0 Å². The molecule has 0 unspecified atom stereocenters. The molecule has 2 aromatic heterocycles.